The van der Waals surface area contributed by atoms with E-state index in [9.17, 15) is 9.59 Å². The molecule has 0 amide bonds. The number of Topliss-reactive ketones (excluding diaryl/α,β-unsaturated/α-hetero) is 2. The number of allylic oxidation sites excluding steroid dienone is 2. The van der Waals surface area contributed by atoms with Crippen molar-refractivity contribution in [3.8, 4) is 0 Å². The van der Waals surface area contributed by atoms with E-state index in [1.54, 1.807) is 0 Å². The van der Waals surface area contributed by atoms with Gasteiger partial charge in [-0.1, -0.05) is 115 Å². The molecule has 0 bridgehead atoms. The third kappa shape index (κ3) is 5.05. The monoisotopic (exact) mass is 566 g/mol. The van der Waals surface area contributed by atoms with Crippen LogP contribution in [-0.2, 0) is 0 Å². The summed E-state index contributed by atoms with van der Waals surface area (Å²) in [7, 11) is 0. The second-order valence-electron chi connectivity index (χ2n) is 12.0. The quantitative estimate of drug-likeness (QED) is 0.278. The van der Waals surface area contributed by atoms with Crippen molar-refractivity contribution in [2.45, 2.75) is 88.9 Å². The van der Waals surface area contributed by atoms with Crippen LogP contribution in [0.5, 0.6) is 0 Å². The molecule has 0 spiro atoms. The summed E-state index contributed by atoms with van der Waals surface area (Å²) in [4.78, 5) is 30.8. The number of ketones is 2. The highest BCUT2D eigenvalue weighted by atomic mass is 32.2. The van der Waals surface area contributed by atoms with E-state index in [0.29, 0.717) is 39.7 Å². The molecule has 3 aromatic rings. The predicted octanol–water partition coefficient (Wildman–Crippen LogP) is 10.8. The fraction of sp³-hybridized carbons (Fsp3) is 0.333. The van der Waals surface area contributed by atoms with E-state index in [-0.39, 0.29) is 11.6 Å². The molecular formula is C36H38O2S2. The van der Waals surface area contributed by atoms with Crippen molar-refractivity contribution < 1.29 is 9.59 Å². The van der Waals surface area contributed by atoms with Gasteiger partial charge >= 0.3 is 0 Å². The van der Waals surface area contributed by atoms with Gasteiger partial charge < -0.3 is 0 Å². The van der Waals surface area contributed by atoms with Crippen LogP contribution in [0.25, 0.3) is 12.2 Å². The van der Waals surface area contributed by atoms with Crippen molar-refractivity contribution in [2.24, 2.45) is 0 Å². The molecule has 0 N–H and O–H groups in total. The molecule has 0 atom stereocenters. The first kappa shape index (κ1) is 28.7. The lowest BCUT2D eigenvalue weighted by atomic mass is 9.88. The molecule has 5 rings (SSSR count). The van der Waals surface area contributed by atoms with Gasteiger partial charge in [-0.25, -0.2) is 0 Å². The summed E-state index contributed by atoms with van der Waals surface area (Å²) in [5.41, 5.74) is 8.63. The molecule has 40 heavy (non-hydrogen) atoms. The van der Waals surface area contributed by atoms with Crippen LogP contribution in [0.4, 0.5) is 0 Å². The Morgan fingerprint density at radius 3 is 1.40 bits per heavy atom. The minimum Gasteiger partial charge on any atom is -0.288 e. The van der Waals surface area contributed by atoms with Gasteiger partial charge in [-0.15, -0.1) is 0 Å². The van der Waals surface area contributed by atoms with Gasteiger partial charge in [0.1, 0.15) is 0 Å². The van der Waals surface area contributed by atoms with Crippen LogP contribution < -0.4 is 0 Å². The van der Waals surface area contributed by atoms with Crippen molar-refractivity contribution >= 4 is 47.2 Å². The minimum atomic E-state index is 0.0125. The summed E-state index contributed by atoms with van der Waals surface area (Å²) in [5.74, 6) is 1.42. The van der Waals surface area contributed by atoms with Crippen LogP contribution in [-0.4, -0.2) is 11.6 Å². The maximum atomic E-state index is 13.9. The Balaban J connectivity index is 1.58. The van der Waals surface area contributed by atoms with Crippen LogP contribution in [0, 0.1) is 0 Å². The molecule has 4 heteroatoms. The van der Waals surface area contributed by atoms with Gasteiger partial charge in [0.15, 0.2) is 0 Å². The molecular weight excluding hydrogens is 529 g/mol. The first-order valence-corrected chi connectivity index (χ1v) is 15.9. The van der Waals surface area contributed by atoms with Gasteiger partial charge in [-0.3, -0.25) is 9.59 Å². The van der Waals surface area contributed by atoms with Gasteiger partial charge in [0.25, 0.3) is 0 Å². The Morgan fingerprint density at radius 1 is 0.550 bits per heavy atom. The average molecular weight is 567 g/mol. The maximum absolute atomic E-state index is 13.9. The van der Waals surface area contributed by atoms with Crippen LogP contribution >= 0.6 is 23.5 Å². The second kappa shape index (κ2) is 11.2. The zero-order chi connectivity index (χ0) is 28.9. The SMILES string of the molecule is CC(C)c1cccc(C(C)C)c1/C=C1\Sc2ccc3c(c2C1=O)S/C(=C/c1c(C(C)C)cccc1C(C)C)C3=O. The Morgan fingerprint density at radius 2 is 0.975 bits per heavy atom. The van der Waals surface area contributed by atoms with Crippen molar-refractivity contribution in [1.82, 2.24) is 0 Å². The second-order valence-corrected chi connectivity index (χ2v) is 14.1. The predicted molar refractivity (Wildman–Crippen MR) is 172 cm³/mol. The number of thioether (sulfide) groups is 2. The van der Waals surface area contributed by atoms with Gasteiger partial charge in [-0.05, 0) is 81.3 Å². The Kier molecular flexibility index (Phi) is 8.05. The van der Waals surface area contributed by atoms with Crippen LogP contribution in [0.3, 0.4) is 0 Å². The summed E-state index contributed by atoms with van der Waals surface area (Å²) in [5, 5.41) is 0. The maximum Gasteiger partial charge on any atom is 0.202 e. The van der Waals surface area contributed by atoms with Crippen molar-refractivity contribution in [3.05, 3.63) is 103 Å². The molecule has 0 radical (unpaired) electrons. The molecule has 206 valence electrons. The zero-order valence-corrected chi connectivity index (χ0v) is 26.3. The lowest BCUT2D eigenvalue weighted by Gasteiger charge is -2.17. The lowest BCUT2D eigenvalue weighted by Crippen LogP contribution is -2.02. The summed E-state index contributed by atoms with van der Waals surface area (Å²) in [6.07, 6.45) is 4.16. The third-order valence-corrected chi connectivity index (χ3v) is 10.1. The van der Waals surface area contributed by atoms with Gasteiger partial charge in [0.05, 0.1) is 15.4 Å². The average Bonchev–Trinajstić information content (AvgIpc) is 3.39. The van der Waals surface area contributed by atoms with Crippen molar-refractivity contribution in [3.63, 3.8) is 0 Å². The number of fused-ring (bicyclic) bond motifs is 3. The first-order chi connectivity index (χ1) is 19.0. The molecule has 0 aromatic heterocycles. The van der Waals surface area contributed by atoms with Crippen LogP contribution in [0.2, 0.25) is 0 Å². The van der Waals surface area contributed by atoms with Crippen LogP contribution in [0.1, 0.15) is 133 Å². The Labute approximate surface area is 247 Å². The molecule has 2 heterocycles. The van der Waals surface area contributed by atoms with E-state index in [1.807, 2.05) is 12.1 Å². The summed E-state index contributed by atoms with van der Waals surface area (Å²) < 4.78 is 0. The fourth-order valence-electron chi connectivity index (χ4n) is 5.73. The molecule has 3 aromatic carbocycles. The Hall–Kier alpha value is -2.82. The number of hydrogen-bond donors (Lipinski definition) is 0. The molecule has 0 unspecified atom stereocenters. The Bertz CT molecular complexity index is 1530. The van der Waals surface area contributed by atoms with Crippen molar-refractivity contribution in [2.75, 3.05) is 0 Å². The highest BCUT2D eigenvalue weighted by Crippen LogP contribution is 2.52. The van der Waals surface area contributed by atoms with E-state index < -0.39 is 0 Å². The molecule has 0 saturated carbocycles. The third-order valence-electron chi connectivity index (χ3n) is 7.86. The normalized spacial score (nSPS) is 16.9. The zero-order valence-electron chi connectivity index (χ0n) is 24.7. The molecule has 0 saturated heterocycles. The van der Waals surface area contributed by atoms with E-state index in [2.05, 4.69) is 104 Å². The van der Waals surface area contributed by atoms with Gasteiger partial charge in [0.2, 0.25) is 11.6 Å². The first-order valence-electron chi connectivity index (χ1n) is 14.3. The van der Waals surface area contributed by atoms with E-state index in [4.69, 9.17) is 0 Å². The standard InChI is InChI=1S/C36H38O2S2/c1-19(2)23-11-9-12-24(20(3)4)28(23)17-31-34(37)27-15-16-30-33(36(27)40-31)35(38)32(39-30)18-29-25(21(5)6)13-10-14-26(29)22(7)8/h9-22H,1-8H3/b31-17+,32-18-. The topological polar surface area (TPSA) is 34.1 Å². The molecule has 2 nitrogen and oxygen atoms in total. The number of benzene rings is 3. The number of hydrogen-bond acceptors (Lipinski definition) is 4. The number of carbonyl (C=O) groups is 2. The largest absolute Gasteiger partial charge is 0.288 e. The number of carbonyl (C=O) groups excluding carboxylic acids is 2. The van der Waals surface area contributed by atoms with Gasteiger partial charge in [0, 0.05) is 15.4 Å². The van der Waals surface area contributed by atoms with E-state index in [0.717, 1.165) is 25.8 Å². The van der Waals surface area contributed by atoms with Gasteiger partial charge in [-0.2, -0.15) is 0 Å². The molecule has 2 aliphatic rings. The highest BCUT2D eigenvalue weighted by Gasteiger charge is 2.37. The molecule has 0 fully saturated rings. The molecule has 2 aliphatic heterocycles. The molecule has 0 aliphatic carbocycles. The minimum absolute atomic E-state index is 0.0125. The summed E-state index contributed by atoms with van der Waals surface area (Å²) in [6, 6.07) is 16.8. The van der Waals surface area contributed by atoms with Crippen molar-refractivity contribution in [1.29, 1.82) is 0 Å². The highest BCUT2D eigenvalue weighted by molar-refractivity contribution is 8.06. The summed E-state index contributed by atoms with van der Waals surface area (Å²) in [6.45, 7) is 17.6. The van der Waals surface area contributed by atoms with Crippen LogP contribution in [0.15, 0.2) is 68.1 Å². The summed E-state index contributed by atoms with van der Waals surface area (Å²) >= 11 is 3.00. The lowest BCUT2D eigenvalue weighted by molar-refractivity contribution is 0.104. The smallest absolute Gasteiger partial charge is 0.202 e. The van der Waals surface area contributed by atoms with E-state index in [1.165, 1.54) is 45.8 Å². The number of rotatable bonds is 6. The van der Waals surface area contributed by atoms with E-state index >= 15 is 0 Å². The fourth-order valence-corrected chi connectivity index (χ4v) is 8.01.